The van der Waals surface area contributed by atoms with E-state index in [9.17, 15) is 9.90 Å². The highest BCUT2D eigenvalue weighted by Crippen LogP contribution is 2.04. The van der Waals surface area contributed by atoms with Gasteiger partial charge in [-0.2, -0.15) is 0 Å². The maximum atomic E-state index is 10.8. The molecule has 0 aliphatic rings. The molecule has 90 valence electrons. The maximum Gasteiger partial charge on any atom is 0.330 e. The second-order valence-electron chi connectivity index (χ2n) is 3.50. The zero-order valence-corrected chi connectivity index (χ0v) is 9.74. The van der Waals surface area contributed by atoms with Gasteiger partial charge >= 0.3 is 5.97 Å². The molecule has 1 N–H and O–H groups in total. The normalized spacial score (nSPS) is 13.1. The van der Waals surface area contributed by atoms with Gasteiger partial charge in [-0.05, 0) is 12.0 Å². The minimum atomic E-state index is -0.601. The topological polar surface area (TPSA) is 46.5 Å². The molecule has 1 rings (SSSR count). The standard InChI is InChI=1S/C14H16O3/c1-17-14(16)9-5-8-13(15)11-10-12-6-3-2-4-7-12/h2-7,9-11,13,15H,8H2,1H3/t13-/m1/s1. The number of rotatable bonds is 5. The van der Waals surface area contributed by atoms with Crippen molar-refractivity contribution >= 4 is 12.0 Å². The molecule has 1 aromatic rings. The van der Waals surface area contributed by atoms with Crippen molar-refractivity contribution in [2.24, 2.45) is 0 Å². The SMILES string of the molecule is COC(=O)C=CC[C@@H](O)C=Cc1ccccc1. The number of aliphatic hydroxyl groups is 1. The molecule has 0 saturated carbocycles. The first-order valence-corrected chi connectivity index (χ1v) is 5.38. The third-order valence-corrected chi connectivity index (χ3v) is 2.14. The van der Waals surface area contributed by atoms with Crippen molar-refractivity contribution in [3.05, 3.63) is 54.1 Å². The number of carbonyl (C=O) groups is 1. The highest BCUT2D eigenvalue weighted by atomic mass is 16.5. The van der Waals surface area contributed by atoms with Crippen molar-refractivity contribution < 1.29 is 14.6 Å². The lowest BCUT2D eigenvalue weighted by Crippen LogP contribution is -2.00. The fourth-order valence-electron chi connectivity index (χ4n) is 1.24. The molecule has 0 aliphatic carbocycles. The van der Waals surface area contributed by atoms with E-state index in [0.29, 0.717) is 6.42 Å². The van der Waals surface area contributed by atoms with E-state index in [1.165, 1.54) is 13.2 Å². The molecule has 0 aromatic heterocycles. The smallest absolute Gasteiger partial charge is 0.330 e. The Morgan fingerprint density at radius 3 is 2.76 bits per heavy atom. The Hall–Kier alpha value is -1.87. The monoisotopic (exact) mass is 232 g/mol. The first-order valence-electron chi connectivity index (χ1n) is 5.38. The minimum Gasteiger partial charge on any atom is -0.466 e. The molecule has 1 atom stereocenters. The summed E-state index contributed by atoms with van der Waals surface area (Å²) < 4.78 is 4.44. The Morgan fingerprint density at radius 1 is 1.41 bits per heavy atom. The fourth-order valence-corrected chi connectivity index (χ4v) is 1.24. The molecule has 0 spiro atoms. The van der Waals surface area contributed by atoms with E-state index >= 15 is 0 Å². The fraction of sp³-hybridized carbons (Fsp3) is 0.214. The van der Waals surface area contributed by atoms with Gasteiger partial charge in [0.25, 0.3) is 0 Å². The van der Waals surface area contributed by atoms with Gasteiger partial charge in [0.15, 0.2) is 0 Å². The van der Waals surface area contributed by atoms with Crippen molar-refractivity contribution in [3.63, 3.8) is 0 Å². The zero-order chi connectivity index (χ0) is 12.5. The second-order valence-corrected chi connectivity index (χ2v) is 3.50. The quantitative estimate of drug-likeness (QED) is 0.625. The second kappa shape index (κ2) is 7.41. The van der Waals surface area contributed by atoms with E-state index in [4.69, 9.17) is 0 Å². The van der Waals surface area contributed by atoms with Crippen LogP contribution in [0.25, 0.3) is 6.08 Å². The summed E-state index contributed by atoms with van der Waals surface area (Å²) in [5.41, 5.74) is 1.03. The van der Waals surface area contributed by atoms with Gasteiger partial charge in [-0.25, -0.2) is 4.79 Å². The average molecular weight is 232 g/mol. The predicted octanol–water partition coefficient (Wildman–Crippen LogP) is 2.18. The molecule has 0 amide bonds. The lowest BCUT2D eigenvalue weighted by Gasteiger charge is -2.00. The number of benzene rings is 1. The van der Waals surface area contributed by atoms with Gasteiger partial charge in [-0.3, -0.25) is 0 Å². The summed E-state index contributed by atoms with van der Waals surface area (Å²) in [4.78, 5) is 10.8. The number of methoxy groups -OCH3 is 1. The summed E-state index contributed by atoms with van der Waals surface area (Å²) in [5.74, 6) is -0.413. The summed E-state index contributed by atoms with van der Waals surface area (Å²) in [6.45, 7) is 0. The number of hydrogen-bond donors (Lipinski definition) is 1. The van der Waals surface area contributed by atoms with E-state index in [-0.39, 0.29) is 0 Å². The Kier molecular flexibility index (Phi) is 5.75. The third-order valence-electron chi connectivity index (χ3n) is 2.14. The summed E-state index contributed by atoms with van der Waals surface area (Å²) >= 11 is 0. The van der Waals surface area contributed by atoms with Gasteiger partial charge in [0.05, 0.1) is 13.2 Å². The molecule has 1 aromatic carbocycles. The number of hydrogen-bond acceptors (Lipinski definition) is 3. The van der Waals surface area contributed by atoms with Crippen LogP contribution in [0.3, 0.4) is 0 Å². The van der Waals surface area contributed by atoms with Gasteiger partial charge in [0, 0.05) is 6.08 Å². The lowest BCUT2D eigenvalue weighted by atomic mass is 10.1. The molecule has 0 fully saturated rings. The van der Waals surface area contributed by atoms with Crippen LogP contribution in [-0.2, 0) is 9.53 Å². The minimum absolute atomic E-state index is 0.387. The van der Waals surface area contributed by atoms with Crippen molar-refractivity contribution in [3.8, 4) is 0 Å². The van der Waals surface area contributed by atoms with E-state index in [1.54, 1.807) is 12.2 Å². The third kappa shape index (κ3) is 5.68. The average Bonchev–Trinajstić information content (AvgIpc) is 2.37. The van der Waals surface area contributed by atoms with Crippen molar-refractivity contribution in [2.45, 2.75) is 12.5 Å². The maximum absolute atomic E-state index is 10.8. The summed E-state index contributed by atoms with van der Waals surface area (Å²) in [7, 11) is 1.32. The van der Waals surface area contributed by atoms with Crippen LogP contribution in [0.2, 0.25) is 0 Å². The van der Waals surface area contributed by atoms with Crippen LogP contribution in [0.4, 0.5) is 0 Å². The molecule has 17 heavy (non-hydrogen) atoms. The molecule has 3 heteroatoms. The predicted molar refractivity (Wildman–Crippen MR) is 67.3 cm³/mol. The van der Waals surface area contributed by atoms with Crippen molar-refractivity contribution in [1.29, 1.82) is 0 Å². The zero-order valence-electron chi connectivity index (χ0n) is 9.74. The highest BCUT2D eigenvalue weighted by Gasteiger charge is 1.96. The van der Waals surface area contributed by atoms with E-state index in [1.807, 2.05) is 36.4 Å². The Bertz CT molecular complexity index is 393. The summed E-state index contributed by atoms with van der Waals surface area (Å²) in [5, 5.41) is 9.61. The molecule has 0 unspecified atom stereocenters. The van der Waals surface area contributed by atoms with Gasteiger partial charge in [0.1, 0.15) is 0 Å². The molecule has 0 bridgehead atoms. The molecule has 0 aliphatic heterocycles. The van der Waals surface area contributed by atoms with Gasteiger partial charge < -0.3 is 9.84 Å². The molecule has 3 nitrogen and oxygen atoms in total. The summed E-state index contributed by atoms with van der Waals surface area (Å²) in [6.07, 6.45) is 6.22. The van der Waals surface area contributed by atoms with Crippen LogP contribution in [0.15, 0.2) is 48.6 Å². The first kappa shape index (κ1) is 13.2. The van der Waals surface area contributed by atoms with Crippen LogP contribution in [0, 0.1) is 0 Å². The van der Waals surface area contributed by atoms with Gasteiger partial charge in [-0.1, -0.05) is 48.6 Å². The Labute approximate surface area is 101 Å². The lowest BCUT2D eigenvalue weighted by molar-refractivity contribution is -0.134. The molecular formula is C14H16O3. The van der Waals surface area contributed by atoms with E-state index < -0.39 is 12.1 Å². The van der Waals surface area contributed by atoms with Crippen molar-refractivity contribution in [2.75, 3.05) is 7.11 Å². The first-order chi connectivity index (χ1) is 8.22. The van der Waals surface area contributed by atoms with Crippen LogP contribution in [0.5, 0.6) is 0 Å². The number of ether oxygens (including phenoxy) is 1. The Morgan fingerprint density at radius 2 is 2.12 bits per heavy atom. The van der Waals surface area contributed by atoms with Crippen molar-refractivity contribution in [1.82, 2.24) is 0 Å². The number of esters is 1. The highest BCUT2D eigenvalue weighted by molar-refractivity contribution is 5.81. The largest absolute Gasteiger partial charge is 0.466 e. The molecule has 0 radical (unpaired) electrons. The van der Waals surface area contributed by atoms with Crippen LogP contribution < -0.4 is 0 Å². The van der Waals surface area contributed by atoms with E-state index in [0.717, 1.165) is 5.56 Å². The molecule has 0 saturated heterocycles. The van der Waals surface area contributed by atoms with Crippen LogP contribution in [0.1, 0.15) is 12.0 Å². The number of aliphatic hydroxyl groups excluding tert-OH is 1. The van der Waals surface area contributed by atoms with Gasteiger partial charge in [-0.15, -0.1) is 0 Å². The summed E-state index contributed by atoms with van der Waals surface area (Å²) in [6, 6.07) is 9.71. The number of carbonyl (C=O) groups excluding carboxylic acids is 1. The van der Waals surface area contributed by atoms with Gasteiger partial charge in [0.2, 0.25) is 0 Å². The Balaban J connectivity index is 2.39. The van der Waals surface area contributed by atoms with Crippen LogP contribution >= 0.6 is 0 Å². The van der Waals surface area contributed by atoms with E-state index in [2.05, 4.69) is 4.74 Å². The molecule has 0 heterocycles. The molecular weight excluding hydrogens is 216 g/mol. The van der Waals surface area contributed by atoms with Crippen LogP contribution in [-0.4, -0.2) is 24.3 Å².